The fourth-order valence-corrected chi connectivity index (χ4v) is 3.43. The summed E-state index contributed by atoms with van der Waals surface area (Å²) in [6.45, 7) is 3.60. The normalized spacial score (nSPS) is 15.0. The molecule has 2 aromatic heterocycles. The van der Waals surface area contributed by atoms with E-state index in [0.717, 1.165) is 43.9 Å². The average Bonchev–Trinajstić information content (AvgIpc) is 3.19. The summed E-state index contributed by atoms with van der Waals surface area (Å²) < 4.78 is 38.9. The molecule has 0 unspecified atom stereocenters. The molecule has 0 atom stereocenters. The van der Waals surface area contributed by atoms with Crippen molar-refractivity contribution in [2.45, 2.75) is 25.9 Å². The van der Waals surface area contributed by atoms with E-state index in [-0.39, 0.29) is 5.52 Å². The minimum absolute atomic E-state index is 0.176. The number of fused-ring (bicyclic) bond motifs is 1. The molecular weight excluding hydrogens is 403 g/mol. The molecule has 0 N–H and O–H groups in total. The summed E-state index contributed by atoms with van der Waals surface area (Å²) in [7, 11) is 0. The van der Waals surface area contributed by atoms with Crippen LogP contribution in [-0.2, 0) is 6.18 Å². The standard InChI is InChI=1S/C20H17ClF3N5/c1-12-14(26-16-10-13(20(22,23)24)4-5-15(16)25-12)6-7-18-27-17(21)11-19(28-18)29-8-2-3-9-29/h4-7,10-11H,2-3,8-9H2,1H3. The van der Waals surface area contributed by atoms with E-state index in [1.54, 1.807) is 25.1 Å². The lowest BCUT2D eigenvalue weighted by Crippen LogP contribution is -2.19. The second-order valence-corrected chi connectivity index (χ2v) is 7.22. The first kappa shape index (κ1) is 19.6. The molecule has 1 aromatic carbocycles. The van der Waals surface area contributed by atoms with Crippen LogP contribution < -0.4 is 4.90 Å². The molecular formula is C20H17ClF3N5. The fraction of sp³-hybridized carbons (Fsp3) is 0.300. The molecule has 1 aliphatic heterocycles. The topological polar surface area (TPSA) is 54.8 Å². The van der Waals surface area contributed by atoms with E-state index in [4.69, 9.17) is 11.6 Å². The van der Waals surface area contributed by atoms with Crippen molar-refractivity contribution < 1.29 is 13.2 Å². The van der Waals surface area contributed by atoms with E-state index in [1.165, 1.54) is 6.07 Å². The first-order valence-electron chi connectivity index (χ1n) is 9.13. The van der Waals surface area contributed by atoms with Crippen LogP contribution in [0.3, 0.4) is 0 Å². The summed E-state index contributed by atoms with van der Waals surface area (Å²) in [5, 5.41) is 0.331. The molecule has 9 heteroatoms. The van der Waals surface area contributed by atoms with Gasteiger partial charge in [0.05, 0.1) is 28.0 Å². The van der Waals surface area contributed by atoms with E-state index < -0.39 is 11.7 Å². The Balaban J connectivity index is 1.68. The molecule has 0 aliphatic carbocycles. The highest BCUT2D eigenvalue weighted by atomic mass is 35.5. The van der Waals surface area contributed by atoms with E-state index >= 15 is 0 Å². The van der Waals surface area contributed by atoms with Gasteiger partial charge in [0.25, 0.3) is 0 Å². The number of anilines is 1. The molecule has 150 valence electrons. The Kier molecular flexibility index (Phi) is 5.12. The molecule has 0 amide bonds. The summed E-state index contributed by atoms with van der Waals surface area (Å²) in [5.74, 6) is 1.17. The number of alkyl halides is 3. The van der Waals surface area contributed by atoms with Crippen LogP contribution in [0.15, 0.2) is 24.3 Å². The van der Waals surface area contributed by atoms with Gasteiger partial charge >= 0.3 is 6.18 Å². The fourth-order valence-electron chi connectivity index (χ4n) is 3.25. The summed E-state index contributed by atoms with van der Waals surface area (Å²) in [6, 6.07) is 5.06. The van der Waals surface area contributed by atoms with Crippen molar-refractivity contribution in [1.29, 1.82) is 0 Å². The van der Waals surface area contributed by atoms with Gasteiger partial charge in [-0.1, -0.05) is 11.6 Å². The van der Waals surface area contributed by atoms with Gasteiger partial charge in [-0.05, 0) is 50.1 Å². The Morgan fingerprint density at radius 2 is 1.72 bits per heavy atom. The van der Waals surface area contributed by atoms with Gasteiger partial charge in [-0.25, -0.2) is 19.9 Å². The molecule has 1 fully saturated rings. The maximum atomic E-state index is 13.0. The highest BCUT2D eigenvalue weighted by molar-refractivity contribution is 6.29. The number of aromatic nitrogens is 4. The molecule has 1 aliphatic rings. The smallest absolute Gasteiger partial charge is 0.356 e. The Bertz CT molecular complexity index is 1090. The lowest BCUT2D eigenvalue weighted by molar-refractivity contribution is -0.137. The number of halogens is 4. The van der Waals surface area contributed by atoms with Crippen LogP contribution in [0.4, 0.5) is 19.0 Å². The summed E-state index contributed by atoms with van der Waals surface area (Å²) in [6.07, 6.45) is 1.07. The second kappa shape index (κ2) is 7.59. The maximum Gasteiger partial charge on any atom is 0.416 e. The number of aryl methyl sites for hydroxylation is 1. The van der Waals surface area contributed by atoms with Crippen molar-refractivity contribution in [2.75, 3.05) is 18.0 Å². The highest BCUT2D eigenvalue weighted by Crippen LogP contribution is 2.31. The predicted octanol–water partition coefficient (Wildman–Crippen LogP) is 5.17. The molecule has 5 nitrogen and oxygen atoms in total. The summed E-state index contributed by atoms with van der Waals surface area (Å²) in [5.41, 5.74) is 0.864. The molecule has 4 rings (SSSR count). The molecule has 0 saturated carbocycles. The third kappa shape index (κ3) is 4.32. The predicted molar refractivity (Wildman–Crippen MR) is 107 cm³/mol. The van der Waals surface area contributed by atoms with Crippen molar-refractivity contribution in [2.24, 2.45) is 0 Å². The van der Waals surface area contributed by atoms with Crippen molar-refractivity contribution in [1.82, 2.24) is 19.9 Å². The highest BCUT2D eigenvalue weighted by Gasteiger charge is 2.30. The molecule has 3 aromatic rings. The van der Waals surface area contributed by atoms with Crippen molar-refractivity contribution in [3.63, 3.8) is 0 Å². The number of benzene rings is 1. The van der Waals surface area contributed by atoms with Gasteiger partial charge in [0, 0.05) is 19.2 Å². The Hall–Kier alpha value is -2.74. The Morgan fingerprint density at radius 3 is 2.45 bits per heavy atom. The molecule has 0 bridgehead atoms. The van der Waals surface area contributed by atoms with Gasteiger partial charge in [-0.3, -0.25) is 0 Å². The minimum Gasteiger partial charge on any atom is -0.356 e. The molecule has 0 spiro atoms. The third-order valence-electron chi connectivity index (χ3n) is 4.72. The van der Waals surface area contributed by atoms with Crippen LogP contribution in [0.2, 0.25) is 5.15 Å². The number of hydrogen-bond donors (Lipinski definition) is 0. The maximum absolute atomic E-state index is 13.0. The number of hydrogen-bond acceptors (Lipinski definition) is 5. The van der Waals surface area contributed by atoms with Gasteiger partial charge in [-0.15, -0.1) is 0 Å². The van der Waals surface area contributed by atoms with E-state index in [9.17, 15) is 13.2 Å². The van der Waals surface area contributed by atoms with E-state index in [0.29, 0.717) is 27.9 Å². The van der Waals surface area contributed by atoms with Crippen LogP contribution in [0.1, 0.15) is 35.6 Å². The molecule has 3 heterocycles. The lowest BCUT2D eigenvalue weighted by atomic mass is 10.1. The van der Waals surface area contributed by atoms with Gasteiger partial charge < -0.3 is 4.90 Å². The lowest BCUT2D eigenvalue weighted by Gasteiger charge is -2.16. The SMILES string of the molecule is Cc1nc2ccc(C(F)(F)F)cc2nc1C=Cc1nc(Cl)cc(N2CCCC2)n1. The van der Waals surface area contributed by atoms with E-state index in [1.807, 2.05) is 0 Å². The Morgan fingerprint density at radius 1 is 0.966 bits per heavy atom. The van der Waals surface area contributed by atoms with Crippen LogP contribution in [0.25, 0.3) is 23.2 Å². The van der Waals surface area contributed by atoms with Crippen LogP contribution in [0, 0.1) is 6.92 Å². The van der Waals surface area contributed by atoms with Gasteiger partial charge in [0.2, 0.25) is 0 Å². The third-order valence-corrected chi connectivity index (χ3v) is 4.92. The largest absolute Gasteiger partial charge is 0.416 e. The quantitative estimate of drug-likeness (QED) is 0.548. The van der Waals surface area contributed by atoms with Crippen LogP contribution >= 0.6 is 11.6 Å². The van der Waals surface area contributed by atoms with Crippen molar-refractivity contribution in [3.8, 4) is 0 Å². The van der Waals surface area contributed by atoms with Gasteiger partial charge in [0.1, 0.15) is 11.0 Å². The van der Waals surface area contributed by atoms with Crippen LogP contribution in [0.5, 0.6) is 0 Å². The number of rotatable bonds is 3. The first-order chi connectivity index (χ1) is 13.8. The summed E-state index contributed by atoms with van der Waals surface area (Å²) >= 11 is 6.13. The molecule has 1 saturated heterocycles. The minimum atomic E-state index is -4.43. The van der Waals surface area contributed by atoms with Crippen LogP contribution in [-0.4, -0.2) is 33.0 Å². The zero-order valence-corrected chi connectivity index (χ0v) is 16.3. The van der Waals surface area contributed by atoms with Gasteiger partial charge in [0.15, 0.2) is 5.82 Å². The van der Waals surface area contributed by atoms with E-state index in [2.05, 4.69) is 24.8 Å². The number of nitrogens with zero attached hydrogens (tertiary/aromatic N) is 5. The first-order valence-corrected chi connectivity index (χ1v) is 9.50. The summed E-state index contributed by atoms with van der Waals surface area (Å²) in [4.78, 5) is 19.6. The molecule has 29 heavy (non-hydrogen) atoms. The zero-order chi connectivity index (χ0) is 20.6. The second-order valence-electron chi connectivity index (χ2n) is 6.83. The van der Waals surface area contributed by atoms with Crippen molar-refractivity contribution in [3.05, 3.63) is 52.2 Å². The zero-order valence-electron chi connectivity index (χ0n) is 15.5. The Labute approximate surface area is 170 Å². The van der Waals surface area contributed by atoms with Gasteiger partial charge in [-0.2, -0.15) is 13.2 Å². The van der Waals surface area contributed by atoms with Crippen molar-refractivity contribution >= 4 is 40.6 Å². The molecule has 0 radical (unpaired) electrons. The average molecular weight is 420 g/mol. The monoisotopic (exact) mass is 419 g/mol.